The average molecular weight is 439 g/mol. The zero-order valence-corrected chi connectivity index (χ0v) is 16.4. The molecule has 3 aromatic heterocycles. The van der Waals surface area contributed by atoms with E-state index in [1.807, 2.05) is 6.07 Å². The molecule has 0 radical (unpaired) electrons. The summed E-state index contributed by atoms with van der Waals surface area (Å²) in [6, 6.07) is 9.20. The molecular formula is C21H16F3N7O. The number of nitrogens with two attached hydrogens (primary N) is 1. The lowest BCUT2D eigenvalue weighted by molar-refractivity contribution is -0.137. The van der Waals surface area contributed by atoms with Crippen LogP contribution >= 0.6 is 0 Å². The van der Waals surface area contributed by atoms with E-state index in [0.717, 1.165) is 23.9 Å². The van der Waals surface area contributed by atoms with Crippen molar-refractivity contribution in [1.82, 2.24) is 19.6 Å². The molecule has 4 N–H and O–H groups in total. The van der Waals surface area contributed by atoms with Crippen molar-refractivity contribution in [1.29, 1.82) is 0 Å². The number of rotatable bonds is 4. The van der Waals surface area contributed by atoms with Gasteiger partial charge in [0.2, 0.25) is 0 Å². The number of hydrogen-bond donors (Lipinski definition) is 3. The number of amides is 2. The number of carbonyl (C=O) groups is 1. The molecule has 8 nitrogen and oxygen atoms in total. The summed E-state index contributed by atoms with van der Waals surface area (Å²) in [6.07, 6.45) is -0.118. The van der Waals surface area contributed by atoms with Crippen LogP contribution in [0.25, 0.3) is 23.0 Å². The molecule has 162 valence electrons. The van der Waals surface area contributed by atoms with E-state index in [9.17, 15) is 18.0 Å². The number of hydrogen-bond acceptors (Lipinski definition) is 5. The van der Waals surface area contributed by atoms with Gasteiger partial charge in [-0.3, -0.25) is 5.32 Å². The van der Waals surface area contributed by atoms with E-state index in [-0.39, 0.29) is 5.82 Å². The van der Waals surface area contributed by atoms with Crippen LogP contribution in [0.5, 0.6) is 0 Å². The maximum Gasteiger partial charge on any atom is 0.416 e. The summed E-state index contributed by atoms with van der Waals surface area (Å²) in [5, 5.41) is 9.22. The van der Waals surface area contributed by atoms with Gasteiger partial charge in [-0.05, 0) is 48.0 Å². The van der Waals surface area contributed by atoms with Crippen LogP contribution in [0.2, 0.25) is 0 Å². The average Bonchev–Trinajstić information content (AvgIpc) is 3.18. The normalized spacial score (nSPS) is 11.3. The summed E-state index contributed by atoms with van der Waals surface area (Å²) >= 11 is 0. The molecule has 0 saturated heterocycles. The van der Waals surface area contributed by atoms with Crippen molar-refractivity contribution in [2.45, 2.75) is 6.18 Å². The van der Waals surface area contributed by atoms with Gasteiger partial charge in [0.05, 0.1) is 5.56 Å². The number of nitrogens with one attached hydrogen (secondary N) is 2. The number of anilines is 3. The molecule has 0 bridgehead atoms. The van der Waals surface area contributed by atoms with E-state index in [4.69, 9.17) is 5.73 Å². The Morgan fingerprint density at radius 3 is 2.56 bits per heavy atom. The first-order valence-electron chi connectivity index (χ1n) is 9.23. The van der Waals surface area contributed by atoms with E-state index in [2.05, 4.69) is 32.3 Å². The van der Waals surface area contributed by atoms with Crippen LogP contribution in [0.3, 0.4) is 0 Å². The Bertz CT molecular complexity index is 1310. The molecule has 1 aromatic carbocycles. The van der Waals surface area contributed by atoms with Gasteiger partial charge in [0.25, 0.3) is 0 Å². The Morgan fingerprint density at radius 1 is 1.12 bits per heavy atom. The number of aromatic nitrogens is 4. The van der Waals surface area contributed by atoms with Crippen LogP contribution in [0.15, 0.2) is 61.4 Å². The fourth-order valence-corrected chi connectivity index (χ4v) is 2.93. The second kappa shape index (κ2) is 8.02. The number of halogens is 3. The number of nitrogen functional groups attached to an aromatic ring is 1. The number of alkyl halides is 3. The molecular weight excluding hydrogens is 423 g/mol. The number of nitrogens with zero attached hydrogens (tertiary/aromatic N) is 4. The van der Waals surface area contributed by atoms with Gasteiger partial charge in [0, 0.05) is 23.6 Å². The quantitative estimate of drug-likeness (QED) is 0.428. The smallest absolute Gasteiger partial charge is 0.382 e. The lowest BCUT2D eigenvalue weighted by atomic mass is 10.2. The molecule has 0 unspecified atom stereocenters. The molecule has 4 aromatic rings. The minimum absolute atomic E-state index is 0.225. The van der Waals surface area contributed by atoms with Crippen molar-refractivity contribution in [3.05, 3.63) is 72.6 Å². The maximum atomic E-state index is 12.8. The van der Waals surface area contributed by atoms with Crippen LogP contribution in [0.1, 0.15) is 11.1 Å². The van der Waals surface area contributed by atoms with Gasteiger partial charge in [-0.25, -0.2) is 19.3 Å². The number of pyridine rings is 1. The first kappa shape index (κ1) is 20.8. The topological polar surface area (TPSA) is 110 Å². The van der Waals surface area contributed by atoms with Gasteiger partial charge >= 0.3 is 12.2 Å². The van der Waals surface area contributed by atoms with Crippen molar-refractivity contribution < 1.29 is 18.0 Å². The highest BCUT2D eigenvalue weighted by molar-refractivity contribution is 5.99. The minimum atomic E-state index is -4.53. The number of urea groups is 1. The van der Waals surface area contributed by atoms with Gasteiger partial charge < -0.3 is 11.1 Å². The molecule has 4 rings (SSSR count). The van der Waals surface area contributed by atoms with Crippen LogP contribution in [0, 0.1) is 0 Å². The number of carbonyl (C=O) groups excluding carboxylic acids is 1. The molecule has 0 aliphatic carbocycles. The zero-order valence-electron chi connectivity index (χ0n) is 16.4. The highest BCUT2D eigenvalue weighted by atomic mass is 19.4. The Kier molecular flexibility index (Phi) is 5.23. The van der Waals surface area contributed by atoms with Crippen molar-refractivity contribution in [3.63, 3.8) is 0 Å². The lowest BCUT2D eigenvalue weighted by Gasteiger charge is -2.10. The second-order valence-corrected chi connectivity index (χ2v) is 6.71. The molecule has 11 heteroatoms. The zero-order chi connectivity index (χ0) is 22.9. The van der Waals surface area contributed by atoms with Gasteiger partial charge in [-0.2, -0.15) is 13.2 Å². The van der Waals surface area contributed by atoms with Gasteiger partial charge in [0.15, 0.2) is 11.6 Å². The molecule has 0 aliphatic rings. The minimum Gasteiger partial charge on any atom is -0.382 e. The molecule has 0 spiro atoms. The lowest BCUT2D eigenvalue weighted by Crippen LogP contribution is -2.20. The fraction of sp³-hybridized carbons (Fsp3) is 0.0476. The third-order valence-corrected chi connectivity index (χ3v) is 4.48. The SMILES string of the molecule is C=Cc1cc2c(N)nc(-c3ccc(NC(=O)Nc4cc(C(F)(F)F)ccn4)cc3)nn2c1. The van der Waals surface area contributed by atoms with E-state index in [1.54, 1.807) is 41.1 Å². The van der Waals surface area contributed by atoms with Crippen LogP contribution in [-0.4, -0.2) is 25.6 Å². The highest BCUT2D eigenvalue weighted by Crippen LogP contribution is 2.30. The third kappa shape index (κ3) is 4.36. The molecule has 2 amide bonds. The third-order valence-electron chi connectivity index (χ3n) is 4.48. The highest BCUT2D eigenvalue weighted by Gasteiger charge is 2.30. The Labute approximate surface area is 179 Å². The monoisotopic (exact) mass is 439 g/mol. The fourth-order valence-electron chi connectivity index (χ4n) is 2.93. The molecule has 0 fully saturated rings. The van der Waals surface area contributed by atoms with E-state index in [1.165, 1.54) is 0 Å². The predicted molar refractivity (Wildman–Crippen MR) is 115 cm³/mol. The molecule has 0 aliphatic heterocycles. The Balaban J connectivity index is 1.48. The first-order chi connectivity index (χ1) is 15.2. The Morgan fingerprint density at radius 2 is 1.88 bits per heavy atom. The number of fused-ring (bicyclic) bond motifs is 1. The van der Waals surface area contributed by atoms with Gasteiger partial charge in [0.1, 0.15) is 11.3 Å². The Hall–Kier alpha value is -4.41. The molecule has 32 heavy (non-hydrogen) atoms. The summed E-state index contributed by atoms with van der Waals surface area (Å²) in [6.45, 7) is 3.72. The summed E-state index contributed by atoms with van der Waals surface area (Å²) in [5.41, 5.74) is 7.67. The van der Waals surface area contributed by atoms with Gasteiger partial charge in [-0.1, -0.05) is 12.7 Å². The maximum absolute atomic E-state index is 12.8. The largest absolute Gasteiger partial charge is 0.416 e. The summed E-state index contributed by atoms with van der Waals surface area (Å²) < 4.78 is 39.9. The van der Waals surface area contributed by atoms with Gasteiger partial charge in [-0.15, -0.1) is 5.10 Å². The van der Waals surface area contributed by atoms with Crippen LogP contribution < -0.4 is 16.4 Å². The van der Waals surface area contributed by atoms with E-state index in [0.29, 0.717) is 28.4 Å². The van der Waals surface area contributed by atoms with Crippen molar-refractivity contribution in [2.75, 3.05) is 16.4 Å². The van der Waals surface area contributed by atoms with Crippen molar-refractivity contribution >= 4 is 34.9 Å². The number of benzene rings is 1. The van der Waals surface area contributed by atoms with Crippen molar-refractivity contribution in [2.24, 2.45) is 0 Å². The van der Waals surface area contributed by atoms with E-state index < -0.39 is 17.8 Å². The molecule has 0 atom stereocenters. The van der Waals surface area contributed by atoms with E-state index >= 15 is 0 Å². The second-order valence-electron chi connectivity index (χ2n) is 6.71. The summed E-state index contributed by atoms with van der Waals surface area (Å²) in [5.74, 6) is 0.459. The van der Waals surface area contributed by atoms with Crippen LogP contribution in [0.4, 0.5) is 35.3 Å². The summed E-state index contributed by atoms with van der Waals surface area (Å²) in [4.78, 5) is 20.1. The molecule has 0 saturated carbocycles. The van der Waals surface area contributed by atoms with Crippen molar-refractivity contribution in [3.8, 4) is 11.4 Å². The first-order valence-corrected chi connectivity index (χ1v) is 9.23. The van der Waals surface area contributed by atoms with Crippen LogP contribution in [-0.2, 0) is 6.18 Å². The molecule has 3 heterocycles. The predicted octanol–water partition coefficient (Wildman–Crippen LogP) is 4.68. The standard InChI is InChI=1S/C21H16F3N7O/c1-2-12-9-16-18(25)29-19(30-31(16)11-12)13-3-5-15(6-4-13)27-20(32)28-17-10-14(7-8-26-17)21(22,23)24/h2-11H,1H2,(H2,25,29,30)(H2,26,27,28,32). The summed E-state index contributed by atoms with van der Waals surface area (Å²) in [7, 11) is 0.